The molecule has 34 heavy (non-hydrogen) atoms. The molecule has 0 saturated carbocycles. The van der Waals surface area contributed by atoms with Crippen LogP contribution in [0.4, 0.5) is 5.69 Å². The van der Waals surface area contributed by atoms with Crippen molar-refractivity contribution in [3.05, 3.63) is 64.3 Å². The third-order valence-electron chi connectivity index (χ3n) is 5.13. The summed E-state index contributed by atoms with van der Waals surface area (Å²) in [5, 5.41) is 9.77. The van der Waals surface area contributed by atoms with Crippen molar-refractivity contribution in [3.8, 4) is 28.5 Å². The van der Waals surface area contributed by atoms with Crippen LogP contribution >= 0.6 is 11.3 Å². The second-order valence-electron chi connectivity index (χ2n) is 7.79. The van der Waals surface area contributed by atoms with Crippen LogP contribution in [-0.2, 0) is 4.79 Å². The average molecular weight is 479 g/mol. The van der Waals surface area contributed by atoms with Gasteiger partial charge in [0.05, 0.1) is 37.9 Å². The Labute approximate surface area is 201 Å². The molecular formula is C25H26N4O4S. The topological polar surface area (TPSA) is 86.4 Å². The number of hydrogen-bond acceptors (Lipinski definition) is 7. The van der Waals surface area contributed by atoms with Gasteiger partial charge in [0, 0.05) is 22.6 Å². The number of hydrogen-bond donors (Lipinski definition) is 1. The monoisotopic (exact) mass is 478 g/mol. The third kappa shape index (κ3) is 4.89. The van der Waals surface area contributed by atoms with E-state index in [1.54, 1.807) is 18.9 Å². The Morgan fingerprint density at radius 1 is 1.21 bits per heavy atom. The number of benzene rings is 2. The first-order chi connectivity index (χ1) is 16.4. The molecule has 4 rings (SSSR count). The molecule has 0 radical (unpaired) electrons. The van der Waals surface area contributed by atoms with E-state index in [0.29, 0.717) is 29.5 Å². The molecule has 1 N–H and O–H groups in total. The number of methoxy groups -OCH3 is 2. The van der Waals surface area contributed by atoms with Crippen LogP contribution in [0.25, 0.3) is 11.3 Å². The van der Waals surface area contributed by atoms with E-state index in [2.05, 4.69) is 11.9 Å². The number of amides is 1. The molecule has 1 amide bonds. The summed E-state index contributed by atoms with van der Waals surface area (Å²) in [6, 6.07) is 11.3. The zero-order valence-electron chi connectivity index (χ0n) is 19.5. The van der Waals surface area contributed by atoms with Crippen molar-refractivity contribution in [1.82, 2.24) is 4.68 Å². The molecule has 0 spiro atoms. The van der Waals surface area contributed by atoms with Crippen LogP contribution in [0.15, 0.2) is 64.0 Å². The molecule has 1 aromatic heterocycles. The lowest BCUT2D eigenvalue weighted by Crippen LogP contribution is -2.25. The minimum Gasteiger partial charge on any atom is -0.497 e. The second kappa shape index (κ2) is 9.96. The molecule has 0 saturated heterocycles. The molecule has 0 fully saturated rings. The number of thiazole rings is 1. The van der Waals surface area contributed by atoms with E-state index in [1.165, 1.54) is 11.3 Å². The van der Waals surface area contributed by atoms with Gasteiger partial charge in [-0.05, 0) is 44.2 Å². The minimum atomic E-state index is -0.180. The molecular weight excluding hydrogens is 452 g/mol. The Morgan fingerprint density at radius 2 is 2.03 bits per heavy atom. The number of rotatable bonds is 7. The molecule has 9 heteroatoms. The zero-order valence-corrected chi connectivity index (χ0v) is 20.4. The number of carbonyl (C=O) groups is 1. The van der Waals surface area contributed by atoms with E-state index < -0.39 is 0 Å². The van der Waals surface area contributed by atoms with Crippen molar-refractivity contribution < 1.29 is 19.0 Å². The number of anilines is 1. The van der Waals surface area contributed by atoms with E-state index in [4.69, 9.17) is 24.3 Å². The highest BCUT2D eigenvalue weighted by molar-refractivity contribution is 7.07. The number of carbonyl (C=O) groups excluding carboxylic acids is 1. The van der Waals surface area contributed by atoms with Crippen LogP contribution in [-0.4, -0.2) is 43.7 Å². The summed E-state index contributed by atoms with van der Waals surface area (Å²) in [5.74, 6) is 1.82. The summed E-state index contributed by atoms with van der Waals surface area (Å²) < 4.78 is 18.2. The normalized spacial score (nSPS) is 13.7. The maximum atomic E-state index is 11.8. The predicted octanol–water partition coefficient (Wildman–Crippen LogP) is 4.31. The standard InChI is InChI=1S/C25H26N4O4S/c1-15(2)12-26-25-29(28-16(3)19-8-7-18(31-4)11-23(19)32-5)21(14-34-25)17-6-9-22-20(10-17)27-24(30)13-33-22/h6-11,14H,1,12-13H2,2-5H3,(H,27,30). The van der Waals surface area contributed by atoms with Crippen LogP contribution in [0.1, 0.15) is 19.4 Å². The molecule has 8 nitrogen and oxygen atoms in total. The van der Waals surface area contributed by atoms with Gasteiger partial charge in [0.25, 0.3) is 5.91 Å². The Balaban J connectivity index is 1.84. The molecule has 0 unspecified atom stereocenters. The third-order valence-corrected chi connectivity index (χ3v) is 5.98. The Hall–Kier alpha value is -3.85. The van der Waals surface area contributed by atoms with E-state index >= 15 is 0 Å². The second-order valence-corrected chi connectivity index (χ2v) is 8.62. The summed E-state index contributed by atoms with van der Waals surface area (Å²) in [6.45, 7) is 8.32. The molecule has 1 aliphatic heterocycles. The molecule has 0 aliphatic carbocycles. The van der Waals surface area contributed by atoms with Crippen LogP contribution in [0.5, 0.6) is 17.2 Å². The van der Waals surface area contributed by atoms with Gasteiger partial charge < -0.3 is 19.5 Å². The van der Waals surface area contributed by atoms with Crippen molar-refractivity contribution in [1.29, 1.82) is 0 Å². The average Bonchev–Trinajstić information content (AvgIpc) is 3.23. The predicted molar refractivity (Wildman–Crippen MR) is 134 cm³/mol. The highest BCUT2D eigenvalue weighted by atomic mass is 32.1. The maximum absolute atomic E-state index is 11.8. The van der Waals surface area contributed by atoms with Crippen molar-refractivity contribution in [2.45, 2.75) is 13.8 Å². The van der Waals surface area contributed by atoms with Crippen LogP contribution in [0, 0.1) is 0 Å². The molecule has 3 aromatic rings. The fraction of sp³-hybridized carbons (Fsp3) is 0.240. The summed E-state index contributed by atoms with van der Waals surface area (Å²) in [6.07, 6.45) is 0. The van der Waals surface area contributed by atoms with Gasteiger partial charge >= 0.3 is 0 Å². The lowest BCUT2D eigenvalue weighted by Gasteiger charge is -2.18. The van der Waals surface area contributed by atoms with Gasteiger partial charge in [0.15, 0.2) is 6.61 Å². The van der Waals surface area contributed by atoms with E-state index in [1.807, 2.05) is 55.6 Å². The quantitative estimate of drug-likeness (QED) is 0.405. The molecule has 2 heterocycles. The number of fused-ring (bicyclic) bond motifs is 1. The lowest BCUT2D eigenvalue weighted by atomic mass is 10.1. The fourth-order valence-electron chi connectivity index (χ4n) is 3.45. The smallest absolute Gasteiger partial charge is 0.262 e. The number of nitrogens with zero attached hydrogens (tertiary/aromatic N) is 3. The van der Waals surface area contributed by atoms with Crippen LogP contribution < -0.4 is 24.3 Å². The van der Waals surface area contributed by atoms with E-state index in [0.717, 1.165) is 32.9 Å². The number of ether oxygens (including phenoxy) is 3. The molecule has 176 valence electrons. The molecule has 0 bridgehead atoms. The van der Waals surface area contributed by atoms with Gasteiger partial charge in [-0.25, -0.2) is 4.68 Å². The summed E-state index contributed by atoms with van der Waals surface area (Å²) in [7, 11) is 3.23. The first-order valence-corrected chi connectivity index (χ1v) is 11.5. The Kier molecular flexibility index (Phi) is 6.83. The first kappa shape index (κ1) is 23.3. The van der Waals surface area contributed by atoms with Crippen molar-refractivity contribution >= 4 is 28.6 Å². The van der Waals surface area contributed by atoms with Crippen LogP contribution in [0.3, 0.4) is 0 Å². The van der Waals surface area contributed by atoms with E-state index in [9.17, 15) is 4.79 Å². The number of nitrogens with one attached hydrogen (secondary N) is 1. The molecule has 2 aromatic carbocycles. The van der Waals surface area contributed by atoms with Gasteiger partial charge in [0.2, 0.25) is 4.80 Å². The summed E-state index contributed by atoms with van der Waals surface area (Å²) in [4.78, 5) is 17.2. The van der Waals surface area contributed by atoms with Crippen molar-refractivity contribution in [2.75, 3.05) is 32.7 Å². The molecule has 0 atom stereocenters. The fourth-order valence-corrected chi connectivity index (χ4v) is 4.28. The number of aromatic nitrogens is 1. The molecule has 1 aliphatic rings. The highest BCUT2D eigenvalue weighted by Gasteiger charge is 2.18. The van der Waals surface area contributed by atoms with Gasteiger partial charge in [-0.3, -0.25) is 9.79 Å². The maximum Gasteiger partial charge on any atom is 0.262 e. The Morgan fingerprint density at radius 3 is 2.76 bits per heavy atom. The van der Waals surface area contributed by atoms with Gasteiger partial charge in [-0.15, -0.1) is 11.3 Å². The van der Waals surface area contributed by atoms with Crippen molar-refractivity contribution in [3.63, 3.8) is 0 Å². The highest BCUT2D eigenvalue weighted by Crippen LogP contribution is 2.33. The largest absolute Gasteiger partial charge is 0.497 e. The zero-order chi connectivity index (χ0) is 24.2. The van der Waals surface area contributed by atoms with Crippen LogP contribution in [0.2, 0.25) is 0 Å². The van der Waals surface area contributed by atoms with Gasteiger partial charge in [-0.1, -0.05) is 12.2 Å². The van der Waals surface area contributed by atoms with Gasteiger partial charge in [-0.2, -0.15) is 5.10 Å². The minimum absolute atomic E-state index is 0.0158. The summed E-state index contributed by atoms with van der Waals surface area (Å²) >= 11 is 1.48. The van der Waals surface area contributed by atoms with Gasteiger partial charge in [0.1, 0.15) is 17.2 Å². The summed E-state index contributed by atoms with van der Waals surface area (Å²) in [5.41, 5.74) is 4.86. The first-order valence-electron chi connectivity index (χ1n) is 10.6. The SMILES string of the molecule is C=C(C)CN=c1scc(-c2ccc3c(c2)NC(=O)CO3)n1N=C(C)c1ccc(OC)cc1OC. The van der Waals surface area contributed by atoms with E-state index in [-0.39, 0.29) is 12.5 Å². The van der Waals surface area contributed by atoms with Crippen molar-refractivity contribution in [2.24, 2.45) is 10.1 Å². The Bertz CT molecular complexity index is 1350. The lowest BCUT2D eigenvalue weighted by molar-refractivity contribution is -0.118.